The van der Waals surface area contributed by atoms with E-state index in [9.17, 15) is 18.3 Å². The van der Waals surface area contributed by atoms with E-state index in [2.05, 4.69) is 23.5 Å². The van der Waals surface area contributed by atoms with E-state index in [1.807, 2.05) is 0 Å². The Morgan fingerprint density at radius 2 is 1.94 bits per heavy atom. The highest BCUT2D eigenvalue weighted by Gasteiger charge is 2.47. The van der Waals surface area contributed by atoms with Crippen LogP contribution in [0, 0.1) is 17.8 Å². The molecule has 2 heterocycles. The number of rotatable bonds is 13. The third-order valence-corrected chi connectivity index (χ3v) is 8.71. The van der Waals surface area contributed by atoms with Gasteiger partial charge in [-0.3, -0.25) is 4.79 Å². The van der Waals surface area contributed by atoms with Crippen molar-refractivity contribution in [3.05, 3.63) is 0 Å². The van der Waals surface area contributed by atoms with E-state index >= 15 is 0 Å². The molecule has 2 aliphatic heterocycles. The van der Waals surface area contributed by atoms with Crippen LogP contribution < -0.4 is 0 Å². The van der Waals surface area contributed by atoms with Crippen LogP contribution in [0.25, 0.3) is 0 Å². The van der Waals surface area contributed by atoms with E-state index in [1.54, 1.807) is 0 Å². The van der Waals surface area contributed by atoms with Crippen molar-refractivity contribution in [2.45, 2.75) is 114 Å². The SMILES string of the molecule is CCCCCC(O)C#CC1C(OC2CCCCO2)CS(=O)(=O)C1CCCCCCC(=O)OC. The second-order valence-corrected chi connectivity index (χ2v) is 11.5. The Labute approximate surface area is 199 Å². The molecule has 2 aliphatic rings. The summed E-state index contributed by atoms with van der Waals surface area (Å²) in [7, 11) is -1.97. The average molecular weight is 487 g/mol. The molecular formula is C25H42O7S. The monoisotopic (exact) mass is 486 g/mol. The summed E-state index contributed by atoms with van der Waals surface area (Å²) in [5.74, 6) is 5.30. The Bertz CT molecular complexity index is 734. The molecule has 0 saturated carbocycles. The number of aliphatic hydroxyl groups is 1. The molecule has 5 unspecified atom stereocenters. The van der Waals surface area contributed by atoms with E-state index < -0.39 is 33.2 Å². The van der Waals surface area contributed by atoms with E-state index in [4.69, 9.17) is 9.47 Å². The molecule has 1 N–H and O–H groups in total. The van der Waals surface area contributed by atoms with Gasteiger partial charge in [-0.25, -0.2) is 8.42 Å². The van der Waals surface area contributed by atoms with Gasteiger partial charge >= 0.3 is 5.97 Å². The minimum absolute atomic E-state index is 0.0505. The molecule has 0 aromatic carbocycles. The summed E-state index contributed by atoms with van der Waals surface area (Å²) in [4.78, 5) is 11.2. The molecule has 7 nitrogen and oxygen atoms in total. The maximum absolute atomic E-state index is 13.0. The van der Waals surface area contributed by atoms with Gasteiger partial charge in [0.2, 0.25) is 0 Å². The largest absolute Gasteiger partial charge is 0.469 e. The molecule has 2 fully saturated rings. The maximum Gasteiger partial charge on any atom is 0.305 e. The van der Waals surface area contributed by atoms with Crippen molar-refractivity contribution in [3.8, 4) is 11.8 Å². The third-order valence-electron chi connectivity index (χ3n) is 6.47. The van der Waals surface area contributed by atoms with Crippen LogP contribution in [0.2, 0.25) is 0 Å². The predicted molar refractivity (Wildman–Crippen MR) is 127 cm³/mol. The molecule has 0 spiro atoms. The average Bonchev–Trinajstić information content (AvgIpc) is 3.03. The number of aliphatic hydroxyl groups excluding tert-OH is 1. The summed E-state index contributed by atoms with van der Waals surface area (Å²) in [5.41, 5.74) is 0. The van der Waals surface area contributed by atoms with Gasteiger partial charge in [0.15, 0.2) is 16.1 Å². The topological polar surface area (TPSA) is 99.1 Å². The lowest BCUT2D eigenvalue weighted by molar-refractivity contribution is -0.188. The molecule has 0 aromatic heterocycles. The van der Waals surface area contributed by atoms with Crippen molar-refractivity contribution in [1.82, 2.24) is 0 Å². The van der Waals surface area contributed by atoms with Crippen LogP contribution in [0.1, 0.15) is 90.4 Å². The van der Waals surface area contributed by atoms with Crippen LogP contribution in [0.5, 0.6) is 0 Å². The Morgan fingerprint density at radius 3 is 2.64 bits per heavy atom. The molecule has 0 radical (unpaired) electrons. The number of carbonyl (C=O) groups is 1. The fraction of sp³-hybridized carbons (Fsp3) is 0.880. The van der Waals surface area contributed by atoms with E-state index in [0.29, 0.717) is 25.9 Å². The first-order chi connectivity index (χ1) is 15.9. The molecule has 190 valence electrons. The molecule has 2 rings (SSSR count). The highest BCUT2D eigenvalue weighted by atomic mass is 32.2. The first-order valence-electron chi connectivity index (χ1n) is 12.6. The van der Waals surface area contributed by atoms with Crippen LogP contribution in [-0.2, 0) is 28.8 Å². The molecule has 0 aromatic rings. The number of carbonyl (C=O) groups excluding carboxylic acids is 1. The van der Waals surface area contributed by atoms with Crippen molar-refractivity contribution in [2.24, 2.45) is 5.92 Å². The summed E-state index contributed by atoms with van der Waals surface area (Å²) in [6.07, 6.45) is 8.81. The van der Waals surface area contributed by atoms with Gasteiger partial charge in [-0.2, -0.15) is 0 Å². The maximum atomic E-state index is 13.0. The lowest BCUT2D eigenvalue weighted by Crippen LogP contribution is -2.33. The van der Waals surface area contributed by atoms with Crippen LogP contribution in [0.4, 0.5) is 0 Å². The quantitative estimate of drug-likeness (QED) is 0.240. The molecule has 33 heavy (non-hydrogen) atoms. The highest BCUT2D eigenvalue weighted by Crippen LogP contribution is 2.34. The number of unbranched alkanes of at least 4 members (excludes halogenated alkanes) is 5. The van der Waals surface area contributed by atoms with E-state index in [-0.39, 0.29) is 18.0 Å². The Balaban J connectivity index is 2.00. The smallest absolute Gasteiger partial charge is 0.305 e. The summed E-state index contributed by atoms with van der Waals surface area (Å²) >= 11 is 0. The lowest BCUT2D eigenvalue weighted by atomic mass is 9.95. The van der Waals surface area contributed by atoms with Crippen LogP contribution in [0.15, 0.2) is 0 Å². The van der Waals surface area contributed by atoms with Crippen LogP contribution in [-0.4, -0.2) is 62.7 Å². The predicted octanol–water partition coefficient (Wildman–Crippen LogP) is 3.77. The summed E-state index contributed by atoms with van der Waals surface area (Å²) < 4.78 is 42.5. The van der Waals surface area contributed by atoms with Gasteiger partial charge in [-0.1, -0.05) is 50.9 Å². The number of hydrogen-bond acceptors (Lipinski definition) is 7. The normalized spacial score (nSPS) is 27.5. The number of sulfone groups is 1. The van der Waals surface area contributed by atoms with Crippen molar-refractivity contribution >= 4 is 15.8 Å². The molecule has 0 amide bonds. The molecule has 5 atom stereocenters. The zero-order valence-corrected chi connectivity index (χ0v) is 21.1. The number of esters is 1. The summed E-state index contributed by atoms with van der Waals surface area (Å²) in [6.45, 7) is 2.74. The number of ether oxygens (including phenoxy) is 3. The second kappa shape index (κ2) is 15.0. The van der Waals surface area contributed by atoms with Gasteiger partial charge in [-0.05, 0) is 44.9 Å². The van der Waals surface area contributed by atoms with Crippen molar-refractivity contribution in [2.75, 3.05) is 19.5 Å². The third kappa shape index (κ3) is 9.94. The lowest BCUT2D eigenvalue weighted by Gasteiger charge is -2.27. The fourth-order valence-corrected chi connectivity index (χ4v) is 6.73. The number of methoxy groups -OCH3 is 1. The Kier molecular flexibility index (Phi) is 12.8. The highest BCUT2D eigenvalue weighted by molar-refractivity contribution is 7.92. The fourth-order valence-electron chi connectivity index (χ4n) is 4.52. The molecule has 2 saturated heterocycles. The van der Waals surface area contributed by atoms with Crippen LogP contribution in [0.3, 0.4) is 0 Å². The first-order valence-corrected chi connectivity index (χ1v) is 14.3. The van der Waals surface area contributed by atoms with Gasteiger partial charge in [-0.15, -0.1) is 0 Å². The van der Waals surface area contributed by atoms with Crippen molar-refractivity contribution < 1.29 is 32.5 Å². The molecule has 0 bridgehead atoms. The van der Waals surface area contributed by atoms with Crippen molar-refractivity contribution in [1.29, 1.82) is 0 Å². The Hall–Kier alpha value is -1.14. The summed E-state index contributed by atoms with van der Waals surface area (Å²) in [6, 6.07) is 0. The molecule has 0 aliphatic carbocycles. The molecular weight excluding hydrogens is 444 g/mol. The van der Waals surface area contributed by atoms with Gasteiger partial charge in [0.05, 0.1) is 30.1 Å². The van der Waals surface area contributed by atoms with Crippen LogP contribution >= 0.6 is 0 Å². The standard InChI is InChI=1S/C25H42O7S/c1-3-4-7-12-20(26)16-17-21-22(32-25-15-10-11-18-31-25)19-33(28,29)23(21)13-8-5-6-9-14-24(27)30-2/h20-23,25-26H,3-15,18-19H2,1-2H3. The van der Waals surface area contributed by atoms with E-state index in [0.717, 1.165) is 64.2 Å². The number of hydrogen-bond donors (Lipinski definition) is 1. The zero-order valence-electron chi connectivity index (χ0n) is 20.3. The second-order valence-electron chi connectivity index (χ2n) is 9.19. The minimum atomic E-state index is -3.35. The van der Waals surface area contributed by atoms with Gasteiger partial charge in [0.1, 0.15) is 6.10 Å². The molecule has 8 heteroatoms. The minimum Gasteiger partial charge on any atom is -0.469 e. The van der Waals surface area contributed by atoms with Gasteiger partial charge in [0, 0.05) is 13.0 Å². The zero-order chi connectivity index (χ0) is 24.1. The summed E-state index contributed by atoms with van der Waals surface area (Å²) in [5, 5.41) is 9.68. The van der Waals surface area contributed by atoms with E-state index in [1.165, 1.54) is 7.11 Å². The van der Waals surface area contributed by atoms with Gasteiger partial charge < -0.3 is 19.3 Å². The Morgan fingerprint density at radius 1 is 1.15 bits per heavy atom. The first kappa shape index (κ1) is 28.1. The van der Waals surface area contributed by atoms with Crippen molar-refractivity contribution in [3.63, 3.8) is 0 Å². The van der Waals surface area contributed by atoms with Gasteiger partial charge in [0.25, 0.3) is 0 Å².